The first-order chi connectivity index (χ1) is 11.6. The first kappa shape index (κ1) is 16.7. The molecule has 1 aliphatic carbocycles. The number of rotatable bonds is 3. The van der Waals surface area contributed by atoms with E-state index in [1.165, 1.54) is 38.1 Å². The Balaban J connectivity index is 1.57. The van der Waals surface area contributed by atoms with Crippen LogP contribution in [0, 0.1) is 5.92 Å². The highest BCUT2D eigenvalue weighted by atomic mass is 16.2. The fourth-order valence-corrected chi connectivity index (χ4v) is 3.62. The fraction of sp³-hybridized carbons (Fsp3) is 0.647. The second-order valence-corrected chi connectivity index (χ2v) is 6.67. The van der Waals surface area contributed by atoms with Gasteiger partial charge in [-0.25, -0.2) is 9.97 Å². The molecule has 1 saturated heterocycles. The smallest absolute Gasteiger partial charge is 0.276 e. The Morgan fingerprint density at radius 3 is 2.42 bits per heavy atom. The molecule has 1 aromatic heterocycles. The average Bonchev–Trinajstić information content (AvgIpc) is 2.96. The minimum Gasteiger partial charge on any atom is -0.382 e. The molecular weight excluding hydrogens is 306 g/mol. The van der Waals surface area contributed by atoms with Crippen LogP contribution in [-0.2, 0) is 4.79 Å². The standard InChI is InChI=1S/C17H25N5O2/c18-16-15(19-6-7-20-16)17(24)22-9-3-8-21(10-11-22)14(23)12-13-4-1-2-5-13/h6-7,13H,1-5,8-12H2,(H2,18,20). The van der Waals surface area contributed by atoms with E-state index >= 15 is 0 Å². The summed E-state index contributed by atoms with van der Waals surface area (Å²) in [5.41, 5.74) is 5.95. The zero-order valence-corrected chi connectivity index (χ0v) is 14.0. The highest BCUT2D eigenvalue weighted by molar-refractivity contribution is 5.96. The molecule has 2 aliphatic rings. The minimum absolute atomic E-state index is 0.154. The summed E-state index contributed by atoms with van der Waals surface area (Å²) < 4.78 is 0. The number of anilines is 1. The van der Waals surface area contributed by atoms with Crippen LogP contribution in [0.1, 0.15) is 49.0 Å². The first-order valence-corrected chi connectivity index (χ1v) is 8.78. The Morgan fingerprint density at radius 1 is 1.00 bits per heavy atom. The van der Waals surface area contributed by atoms with Gasteiger partial charge in [0, 0.05) is 45.0 Å². The molecule has 0 unspecified atom stereocenters. The lowest BCUT2D eigenvalue weighted by Gasteiger charge is -2.23. The summed E-state index contributed by atoms with van der Waals surface area (Å²) in [5, 5.41) is 0. The predicted octanol–water partition coefficient (Wildman–Crippen LogP) is 1.31. The van der Waals surface area contributed by atoms with Crippen LogP contribution in [0.5, 0.6) is 0 Å². The maximum Gasteiger partial charge on any atom is 0.276 e. The van der Waals surface area contributed by atoms with Gasteiger partial charge in [-0.15, -0.1) is 0 Å². The van der Waals surface area contributed by atoms with E-state index < -0.39 is 0 Å². The van der Waals surface area contributed by atoms with Crippen LogP contribution < -0.4 is 5.73 Å². The summed E-state index contributed by atoms with van der Waals surface area (Å²) in [6.07, 6.45) is 9.23. The number of carbonyl (C=O) groups is 2. The van der Waals surface area contributed by atoms with Gasteiger partial charge in [-0.05, 0) is 25.2 Å². The zero-order chi connectivity index (χ0) is 16.9. The van der Waals surface area contributed by atoms with E-state index in [9.17, 15) is 9.59 Å². The Bertz CT molecular complexity index is 600. The molecule has 24 heavy (non-hydrogen) atoms. The SMILES string of the molecule is Nc1nccnc1C(=O)N1CCCN(C(=O)CC2CCCC2)CC1. The van der Waals surface area contributed by atoms with Crippen molar-refractivity contribution in [1.82, 2.24) is 19.8 Å². The number of nitrogen functional groups attached to an aromatic ring is 1. The molecule has 2 heterocycles. The van der Waals surface area contributed by atoms with Crippen LogP contribution in [0.4, 0.5) is 5.82 Å². The molecule has 130 valence electrons. The van der Waals surface area contributed by atoms with Gasteiger partial charge < -0.3 is 15.5 Å². The summed E-state index contributed by atoms with van der Waals surface area (Å²) in [7, 11) is 0. The Labute approximate surface area is 142 Å². The van der Waals surface area contributed by atoms with Gasteiger partial charge in [0.2, 0.25) is 5.91 Å². The monoisotopic (exact) mass is 331 g/mol. The molecule has 3 rings (SSSR count). The van der Waals surface area contributed by atoms with E-state index in [0.717, 1.165) is 6.42 Å². The largest absolute Gasteiger partial charge is 0.382 e. The van der Waals surface area contributed by atoms with Crippen LogP contribution in [-0.4, -0.2) is 57.8 Å². The molecule has 1 aromatic rings. The third-order valence-corrected chi connectivity index (χ3v) is 5.00. The van der Waals surface area contributed by atoms with E-state index in [0.29, 0.717) is 38.5 Å². The van der Waals surface area contributed by atoms with Crippen LogP contribution in [0.15, 0.2) is 12.4 Å². The lowest BCUT2D eigenvalue weighted by Crippen LogP contribution is -2.38. The number of carbonyl (C=O) groups excluding carboxylic acids is 2. The maximum atomic E-state index is 12.6. The summed E-state index contributed by atoms with van der Waals surface area (Å²) in [6, 6.07) is 0. The van der Waals surface area contributed by atoms with Crippen molar-refractivity contribution in [2.45, 2.75) is 38.5 Å². The molecule has 7 nitrogen and oxygen atoms in total. The van der Waals surface area contributed by atoms with Crippen LogP contribution in [0.3, 0.4) is 0 Å². The number of nitrogens with two attached hydrogens (primary N) is 1. The molecule has 2 amide bonds. The van der Waals surface area contributed by atoms with E-state index in [1.807, 2.05) is 4.90 Å². The predicted molar refractivity (Wildman–Crippen MR) is 90.1 cm³/mol. The second kappa shape index (κ2) is 7.59. The third kappa shape index (κ3) is 3.83. The second-order valence-electron chi connectivity index (χ2n) is 6.67. The fourth-order valence-electron chi connectivity index (χ4n) is 3.62. The Hall–Kier alpha value is -2.18. The van der Waals surface area contributed by atoms with E-state index in [2.05, 4.69) is 9.97 Å². The molecule has 2 N–H and O–H groups in total. The van der Waals surface area contributed by atoms with E-state index in [-0.39, 0.29) is 23.3 Å². The summed E-state index contributed by atoms with van der Waals surface area (Å²) >= 11 is 0. The van der Waals surface area contributed by atoms with Gasteiger partial charge in [-0.1, -0.05) is 12.8 Å². The van der Waals surface area contributed by atoms with Crippen molar-refractivity contribution in [2.24, 2.45) is 5.92 Å². The average molecular weight is 331 g/mol. The number of nitrogens with zero attached hydrogens (tertiary/aromatic N) is 4. The number of hydrogen-bond donors (Lipinski definition) is 1. The van der Waals surface area contributed by atoms with Gasteiger partial charge in [0.15, 0.2) is 11.5 Å². The molecule has 2 fully saturated rings. The molecule has 1 saturated carbocycles. The van der Waals surface area contributed by atoms with Crippen LogP contribution in [0.2, 0.25) is 0 Å². The van der Waals surface area contributed by atoms with Crippen molar-refractivity contribution in [2.75, 3.05) is 31.9 Å². The van der Waals surface area contributed by atoms with Crippen molar-refractivity contribution in [3.05, 3.63) is 18.1 Å². The highest BCUT2D eigenvalue weighted by Gasteiger charge is 2.26. The molecule has 0 atom stereocenters. The van der Waals surface area contributed by atoms with Gasteiger partial charge in [-0.2, -0.15) is 0 Å². The van der Waals surface area contributed by atoms with Crippen LogP contribution >= 0.6 is 0 Å². The molecular formula is C17H25N5O2. The Kier molecular flexibility index (Phi) is 5.27. The lowest BCUT2D eigenvalue weighted by molar-refractivity contribution is -0.132. The zero-order valence-electron chi connectivity index (χ0n) is 14.0. The van der Waals surface area contributed by atoms with Crippen LogP contribution in [0.25, 0.3) is 0 Å². The van der Waals surface area contributed by atoms with Crippen molar-refractivity contribution >= 4 is 17.6 Å². The number of hydrogen-bond acceptors (Lipinski definition) is 5. The van der Waals surface area contributed by atoms with Gasteiger partial charge in [-0.3, -0.25) is 9.59 Å². The van der Waals surface area contributed by atoms with Crippen molar-refractivity contribution in [1.29, 1.82) is 0 Å². The van der Waals surface area contributed by atoms with Crippen molar-refractivity contribution in [3.8, 4) is 0 Å². The Morgan fingerprint density at radius 2 is 1.67 bits per heavy atom. The molecule has 0 aromatic carbocycles. The van der Waals surface area contributed by atoms with Gasteiger partial charge in [0.1, 0.15) is 0 Å². The molecule has 0 bridgehead atoms. The minimum atomic E-state index is -0.203. The summed E-state index contributed by atoms with van der Waals surface area (Å²) in [6.45, 7) is 2.43. The number of aromatic nitrogens is 2. The van der Waals surface area contributed by atoms with Gasteiger partial charge in [0.25, 0.3) is 5.91 Å². The van der Waals surface area contributed by atoms with Gasteiger partial charge in [0.05, 0.1) is 0 Å². The van der Waals surface area contributed by atoms with E-state index in [1.54, 1.807) is 4.90 Å². The first-order valence-electron chi connectivity index (χ1n) is 8.78. The highest BCUT2D eigenvalue weighted by Crippen LogP contribution is 2.28. The van der Waals surface area contributed by atoms with Crippen molar-refractivity contribution < 1.29 is 9.59 Å². The molecule has 0 spiro atoms. The third-order valence-electron chi connectivity index (χ3n) is 5.00. The van der Waals surface area contributed by atoms with E-state index in [4.69, 9.17) is 5.73 Å². The molecule has 7 heteroatoms. The molecule has 1 aliphatic heterocycles. The number of amides is 2. The quantitative estimate of drug-likeness (QED) is 0.901. The summed E-state index contributed by atoms with van der Waals surface area (Å²) in [4.78, 5) is 36.7. The summed E-state index contributed by atoms with van der Waals surface area (Å²) in [5.74, 6) is 0.736. The van der Waals surface area contributed by atoms with Crippen molar-refractivity contribution in [3.63, 3.8) is 0 Å². The molecule has 0 radical (unpaired) electrons. The normalized spacial score (nSPS) is 19.3. The maximum absolute atomic E-state index is 12.6. The topological polar surface area (TPSA) is 92.4 Å². The lowest BCUT2D eigenvalue weighted by atomic mass is 10.0. The van der Waals surface area contributed by atoms with Gasteiger partial charge >= 0.3 is 0 Å².